The van der Waals surface area contributed by atoms with Crippen molar-refractivity contribution >= 4 is 34.1 Å². The minimum Gasteiger partial charge on any atom is -0.462 e. The molecule has 1 aromatic heterocycles. The average molecular weight is 420 g/mol. The Balaban J connectivity index is 1.53. The third kappa shape index (κ3) is 3.97. The summed E-state index contributed by atoms with van der Waals surface area (Å²) >= 11 is 1.30. The zero-order valence-corrected chi connectivity index (χ0v) is 17.2. The highest BCUT2D eigenvalue weighted by Crippen LogP contribution is 2.36. The first-order chi connectivity index (χ1) is 14.6. The van der Waals surface area contributed by atoms with Crippen LogP contribution in [0.5, 0.6) is 0 Å². The molecule has 1 aliphatic rings. The van der Waals surface area contributed by atoms with E-state index < -0.39 is 5.97 Å². The topological polar surface area (TPSA) is 75.7 Å². The van der Waals surface area contributed by atoms with Crippen LogP contribution in [0.4, 0.5) is 5.00 Å². The van der Waals surface area contributed by atoms with Crippen molar-refractivity contribution in [3.05, 3.63) is 77.4 Å². The van der Waals surface area contributed by atoms with Gasteiger partial charge in [0.1, 0.15) is 11.5 Å². The number of esters is 1. The van der Waals surface area contributed by atoms with Crippen LogP contribution in [0.2, 0.25) is 0 Å². The second-order valence-corrected chi connectivity index (χ2v) is 7.86. The molecular formula is C23H20N2O4S. The summed E-state index contributed by atoms with van der Waals surface area (Å²) in [6, 6.07) is 18.7. The Morgan fingerprint density at radius 2 is 1.83 bits per heavy atom. The van der Waals surface area contributed by atoms with Gasteiger partial charge in [-0.3, -0.25) is 9.59 Å². The standard InChI is InChI=1S/C23H20N2O4S/c1-2-29-23(28)18-12-19(15-8-4-3-5-9-15)30-21(18)24-20(26)14-25-13-16-10-6-7-11-17(16)22(25)27/h3-12H,2,13-14H2,1H3,(H,24,26). The van der Waals surface area contributed by atoms with Crippen molar-refractivity contribution in [3.63, 3.8) is 0 Å². The third-order valence-corrected chi connectivity index (χ3v) is 5.87. The molecule has 3 aromatic rings. The van der Waals surface area contributed by atoms with E-state index in [-0.39, 0.29) is 25.0 Å². The number of hydrogen-bond acceptors (Lipinski definition) is 5. The number of hydrogen-bond donors (Lipinski definition) is 1. The quantitative estimate of drug-likeness (QED) is 0.607. The molecule has 0 atom stereocenters. The number of nitrogens with one attached hydrogen (secondary N) is 1. The zero-order valence-electron chi connectivity index (χ0n) is 16.4. The molecule has 0 saturated heterocycles. The number of anilines is 1. The molecule has 1 aliphatic heterocycles. The lowest BCUT2D eigenvalue weighted by Crippen LogP contribution is -2.33. The Hall–Kier alpha value is -3.45. The Morgan fingerprint density at radius 1 is 1.10 bits per heavy atom. The van der Waals surface area contributed by atoms with E-state index in [0.717, 1.165) is 16.0 Å². The van der Waals surface area contributed by atoms with Crippen LogP contribution in [0.3, 0.4) is 0 Å². The maximum atomic E-state index is 12.7. The van der Waals surface area contributed by atoms with Crippen molar-refractivity contribution in [1.82, 2.24) is 4.90 Å². The monoisotopic (exact) mass is 420 g/mol. The molecule has 0 radical (unpaired) electrons. The first-order valence-electron chi connectivity index (χ1n) is 9.60. The van der Waals surface area contributed by atoms with Gasteiger partial charge in [0.2, 0.25) is 5.91 Å². The molecular weight excluding hydrogens is 400 g/mol. The minimum absolute atomic E-state index is 0.0889. The maximum absolute atomic E-state index is 12.7. The number of benzene rings is 2. The van der Waals surface area contributed by atoms with Crippen LogP contribution in [0.1, 0.15) is 33.2 Å². The van der Waals surface area contributed by atoms with E-state index in [0.29, 0.717) is 22.7 Å². The van der Waals surface area contributed by atoms with Gasteiger partial charge in [-0.2, -0.15) is 0 Å². The molecule has 0 aliphatic carbocycles. The van der Waals surface area contributed by atoms with Crippen molar-refractivity contribution in [1.29, 1.82) is 0 Å². The lowest BCUT2D eigenvalue weighted by Gasteiger charge is -2.15. The van der Waals surface area contributed by atoms with Gasteiger partial charge >= 0.3 is 5.97 Å². The number of carbonyl (C=O) groups excluding carboxylic acids is 3. The number of thiophene rings is 1. The van der Waals surface area contributed by atoms with Gasteiger partial charge in [-0.15, -0.1) is 11.3 Å². The van der Waals surface area contributed by atoms with Gasteiger partial charge in [0.15, 0.2) is 0 Å². The summed E-state index contributed by atoms with van der Waals surface area (Å²) in [6.45, 7) is 2.28. The molecule has 0 fully saturated rings. The molecule has 1 N–H and O–H groups in total. The Labute approximate surface area is 178 Å². The number of ether oxygens (including phenoxy) is 1. The minimum atomic E-state index is -0.490. The molecule has 6 nitrogen and oxygen atoms in total. The van der Waals surface area contributed by atoms with Crippen LogP contribution in [0.25, 0.3) is 10.4 Å². The van der Waals surface area contributed by atoms with Crippen molar-refractivity contribution < 1.29 is 19.1 Å². The van der Waals surface area contributed by atoms with Crippen LogP contribution >= 0.6 is 11.3 Å². The zero-order chi connectivity index (χ0) is 21.1. The van der Waals surface area contributed by atoms with E-state index in [9.17, 15) is 14.4 Å². The Kier molecular flexibility index (Phi) is 5.63. The maximum Gasteiger partial charge on any atom is 0.341 e. The average Bonchev–Trinajstić information content (AvgIpc) is 3.31. The molecule has 30 heavy (non-hydrogen) atoms. The van der Waals surface area contributed by atoms with Crippen LogP contribution < -0.4 is 5.32 Å². The highest BCUT2D eigenvalue weighted by molar-refractivity contribution is 7.20. The summed E-state index contributed by atoms with van der Waals surface area (Å²) in [4.78, 5) is 39.9. The Bertz CT molecular complexity index is 1110. The molecule has 0 saturated carbocycles. The SMILES string of the molecule is CCOC(=O)c1cc(-c2ccccc2)sc1NC(=O)CN1Cc2ccccc2C1=O. The predicted octanol–water partition coefficient (Wildman–Crippen LogP) is 4.19. The fraction of sp³-hybridized carbons (Fsp3) is 0.174. The molecule has 2 aromatic carbocycles. The van der Waals surface area contributed by atoms with Gasteiger partial charge in [0, 0.05) is 17.0 Å². The summed E-state index contributed by atoms with van der Waals surface area (Å²) in [5, 5.41) is 3.22. The van der Waals surface area contributed by atoms with Gasteiger partial charge in [0.05, 0.1) is 12.2 Å². The van der Waals surface area contributed by atoms with Crippen LogP contribution in [-0.2, 0) is 16.1 Å². The summed E-state index contributed by atoms with van der Waals surface area (Å²) in [6.07, 6.45) is 0. The normalized spacial score (nSPS) is 12.6. The van der Waals surface area contributed by atoms with Crippen LogP contribution in [0.15, 0.2) is 60.7 Å². The van der Waals surface area contributed by atoms with E-state index in [2.05, 4.69) is 5.32 Å². The van der Waals surface area contributed by atoms with E-state index >= 15 is 0 Å². The summed E-state index contributed by atoms with van der Waals surface area (Å²) in [5.41, 5.74) is 2.79. The third-order valence-electron chi connectivity index (χ3n) is 4.77. The van der Waals surface area contributed by atoms with Gasteiger partial charge in [-0.25, -0.2) is 4.79 Å². The molecule has 2 heterocycles. The lowest BCUT2D eigenvalue weighted by molar-refractivity contribution is -0.116. The van der Waals surface area contributed by atoms with Gasteiger partial charge in [0.25, 0.3) is 5.91 Å². The highest BCUT2D eigenvalue weighted by atomic mass is 32.1. The van der Waals surface area contributed by atoms with E-state index in [4.69, 9.17) is 4.74 Å². The Morgan fingerprint density at radius 3 is 2.57 bits per heavy atom. The van der Waals surface area contributed by atoms with Gasteiger partial charge in [-0.05, 0) is 30.2 Å². The lowest BCUT2D eigenvalue weighted by atomic mass is 10.1. The van der Waals surface area contributed by atoms with E-state index in [1.165, 1.54) is 16.2 Å². The molecule has 0 unspecified atom stereocenters. The number of fused-ring (bicyclic) bond motifs is 1. The smallest absolute Gasteiger partial charge is 0.341 e. The van der Waals surface area contributed by atoms with E-state index in [1.807, 2.05) is 48.5 Å². The first-order valence-corrected chi connectivity index (χ1v) is 10.4. The summed E-state index contributed by atoms with van der Waals surface area (Å²) in [5.74, 6) is -1.01. The van der Waals surface area contributed by atoms with Gasteiger partial charge < -0.3 is 15.0 Å². The fourth-order valence-electron chi connectivity index (χ4n) is 3.37. The van der Waals surface area contributed by atoms with Crippen LogP contribution in [0, 0.1) is 0 Å². The van der Waals surface area contributed by atoms with Crippen molar-refractivity contribution in [3.8, 4) is 10.4 Å². The first kappa shape index (κ1) is 19.8. The van der Waals surface area contributed by atoms with Crippen molar-refractivity contribution in [2.45, 2.75) is 13.5 Å². The van der Waals surface area contributed by atoms with Crippen molar-refractivity contribution in [2.75, 3.05) is 18.5 Å². The van der Waals surface area contributed by atoms with Crippen molar-refractivity contribution in [2.24, 2.45) is 0 Å². The second-order valence-electron chi connectivity index (χ2n) is 6.81. The number of amides is 2. The number of nitrogens with zero attached hydrogens (tertiary/aromatic N) is 1. The van der Waals surface area contributed by atoms with Gasteiger partial charge in [-0.1, -0.05) is 48.5 Å². The molecule has 0 spiro atoms. The molecule has 0 bridgehead atoms. The fourth-order valence-corrected chi connectivity index (χ4v) is 4.44. The molecule has 4 rings (SSSR count). The molecule has 2 amide bonds. The highest BCUT2D eigenvalue weighted by Gasteiger charge is 2.29. The van der Waals surface area contributed by atoms with E-state index in [1.54, 1.807) is 19.1 Å². The number of carbonyl (C=O) groups is 3. The summed E-state index contributed by atoms with van der Waals surface area (Å²) in [7, 11) is 0. The second kappa shape index (κ2) is 8.51. The molecule has 152 valence electrons. The van der Waals surface area contributed by atoms with Crippen LogP contribution in [-0.4, -0.2) is 35.8 Å². The number of rotatable bonds is 6. The predicted molar refractivity (Wildman–Crippen MR) is 116 cm³/mol. The summed E-state index contributed by atoms with van der Waals surface area (Å²) < 4.78 is 5.14. The molecule has 7 heteroatoms. The largest absolute Gasteiger partial charge is 0.462 e.